The van der Waals surface area contributed by atoms with Crippen LogP contribution in [0.5, 0.6) is 0 Å². The van der Waals surface area contributed by atoms with Gasteiger partial charge in [0.2, 0.25) is 11.9 Å². The number of anilines is 6. The van der Waals surface area contributed by atoms with Gasteiger partial charge in [0.15, 0.2) is 0 Å². The minimum absolute atomic E-state index is 0.186. The van der Waals surface area contributed by atoms with Crippen LogP contribution >= 0.6 is 0 Å². The summed E-state index contributed by atoms with van der Waals surface area (Å²) in [6.07, 6.45) is 0. The molecule has 0 amide bonds. The molecule has 0 spiro atoms. The summed E-state index contributed by atoms with van der Waals surface area (Å²) in [5.74, 6) is 1.97. The van der Waals surface area contributed by atoms with E-state index in [0.717, 1.165) is 28.6 Å². The van der Waals surface area contributed by atoms with E-state index in [0.29, 0.717) is 11.9 Å². The second-order valence-corrected chi connectivity index (χ2v) is 7.63. The van der Waals surface area contributed by atoms with E-state index in [2.05, 4.69) is 73.5 Å². The van der Waals surface area contributed by atoms with Crippen molar-refractivity contribution in [3.8, 4) is 0 Å². The number of benzene rings is 2. The SMILES string of the molecule is CC(C)c1nc(Nc2ccc(N(C)C)cc2)nc(Nc2ccc(N(C)C)cc2)n1. The third kappa shape index (κ3) is 5.34. The molecule has 2 aromatic carbocycles. The van der Waals surface area contributed by atoms with Crippen molar-refractivity contribution < 1.29 is 0 Å². The van der Waals surface area contributed by atoms with E-state index in [9.17, 15) is 0 Å². The zero-order chi connectivity index (χ0) is 21.0. The minimum atomic E-state index is 0.186. The number of nitrogens with zero attached hydrogens (tertiary/aromatic N) is 5. The quantitative estimate of drug-likeness (QED) is 0.609. The first-order valence-electron chi connectivity index (χ1n) is 9.66. The van der Waals surface area contributed by atoms with Crippen molar-refractivity contribution in [2.45, 2.75) is 19.8 Å². The molecule has 1 heterocycles. The van der Waals surface area contributed by atoms with E-state index < -0.39 is 0 Å². The Morgan fingerprint density at radius 3 is 1.31 bits per heavy atom. The van der Waals surface area contributed by atoms with Crippen LogP contribution in [-0.2, 0) is 0 Å². The molecule has 7 heteroatoms. The lowest BCUT2D eigenvalue weighted by Gasteiger charge is -2.15. The molecule has 0 saturated carbocycles. The summed E-state index contributed by atoms with van der Waals surface area (Å²) in [5.41, 5.74) is 4.13. The van der Waals surface area contributed by atoms with Crippen LogP contribution in [0, 0.1) is 0 Å². The Morgan fingerprint density at radius 1 is 0.621 bits per heavy atom. The van der Waals surface area contributed by atoms with Crippen molar-refractivity contribution in [3.05, 3.63) is 54.4 Å². The fraction of sp³-hybridized carbons (Fsp3) is 0.318. The molecule has 0 aliphatic heterocycles. The Morgan fingerprint density at radius 2 is 1.00 bits per heavy atom. The van der Waals surface area contributed by atoms with Gasteiger partial charge < -0.3 is 20.4 Å². The Bertz CT molecular complexity index is 861. The first-order valence-corrected chi connectivity index (χ1v) is 9.66. The topological polar surface area (TPSA) is 69.2 Å². The molecular weight excluding hydrogens is 362 g/mol. The average Bonchev–Trinajstić information content (AvgIpc) is 2.68. The predicted molar refractivity (Wildman–Crippen MR) is 122 cm³/mol. The molecule has 0 aliphatic rings. The first-order chi connectivity index (χ1) is 13.8. The maximum atomic E-state index is 4.57. The highest BCUT2D eigenvalue weighted by atomic mass is 15.2. The summed E-state index contributed by atoms with van der Waals surface area (Å²) < 4.78 is 0. The predicted octanol–water partition coefficient (Wildman–Crippen LogP) is 4.61. The summed E-state index contributed by atoms with van der Waals surface area (Å²) in [5, 5.41) is 6.58. The Kier molecular flexibility index (Phi) is 6.16. The fourth-order valence-electron chi connectivity index (χ4n) is 2.71. The summed E-state index contributed by atoms with van der Waals surface area (Å²) in [6.45, 7) is 4.14. The summed E-state index contributed by atoms with van der Waals surface area (Å²) in [6, 6.07) is 16.3. The molecule has 3 rings (SSSR count). The van der Waals surface area contributed by atoms with E-state index in [1.807, 2.05) is 52.5 Å². The molecule has 0 unspecified atom stereocenters. The van der Waals surface area contributed by atoms with E-state index in [1.54, 1.807) is 0 Å². The van der Waals surface area contributed by atoms with Gasteiger partial charge in [0, 0.05) is 56.9 Å². The molecule has 0 atom stereocenters. The van der Waals surface area contributed by atoms with Gasteiger partial charge in [-0.25, -0.2) is 0 Å². The molecule has 3 aromatic rings. The van der Waals surface area contributed by atoms with Gasteiger partial charge in [-0.05, 0) is 48.5 Å². The van der Waals surface area contributed by atoms with Gasteiger partial charge in [-0.2, -0.15) is 15.0 Å². The zero-order valence-corrected chi connectivity index (χ0v) is 17.9. The van der Waals surface area contributed by atoms with Crippen LogP contribution in [0.2, 0.25) is 0 Å². The lowest BCUT2D eigenvalue weighted by atomic mass is 10.2. The maximum absolute atomic E-state index is 4.57. The summed E-state index contributed by atoms with van der Waals surface area (Å²) in [7, 11) is 8.08. The van der Waals surface area contributed by atoms with Crippen LogP contribution in [0.1, 0.15) is 25.6 Å². The number of hydrogen-bond acceptors (Lipinski definition) is 7. The van der Waals surface area contributed by atoms with Gasteiger partial charge in [0.1, 0.15) is 5.82 Å². The number of hydrogen-bond donors (Lipinski definition) is 2. The number of rotatable bonds is 7. The first kappa shape index (κ1) is 20.4. The van der Waals surface area contributed by atoms with E-state index in [-0.39, 0.29) is 5.92 Å². The zero-order valence-electron chi connectivity index (χ0n) is 17.9. The van der Waals surface area contributed by atoms with Crippen molar-refractivity contribution in [1.82, 2.24) is 15.0 Å². The average molecular weight is 392 g/mol. The van der Waals surface area contributed by atoms with Crippen LogP contribution in [0.4, 0.5) is 34.6 Å². The third-order valence-electron chi connectivity index (χ3n) is 4.45. The third-order valence-corrected chi connectivity index (χ3v) is 4.45. The second kappa shape index (κ2) is 8.77. The Labute approximate surface area is 172 Å². The standard InChI is InChI=1S/C22H29N7/c1-15(2)20-25-21(23-16-7-11-18(12-8-16)28(3)4)27-22(26-20)24-17-9-13-19(14-10-17)29(5)6/h7-15H,1-6H3,(H2,23,24,25,26,27). The molecule has 152 valence electrons. The maximum Gasteiger partial charge on any atom is 0.232 e. The molecule has 7 nitrogen and oxygen atoms in total. The normalized spacial score (nSPS) is 10.7. The monoisotopic (exact) mass is 391 g/mol. The minimum Gasteiger partial charge on any atom is -0.378 e. The highest BCUT2D eigenvalue weighted by molar-refractivity contribution is 5.62. The number of nitrogens with one attached hydrogen (secondary N) is 2. The van der Waals surface area contributed by atoms with Crippen molar-refractivity contribution in [3.63, 3.8) is 0 Å². The molecule has 0 fully saturated rings. The smallest absolute Gasteiger partial charge is 0.232 e. The van der Waals surface area contributed by atoms with E-state index >= 15 is 0 Å². The summed E-state index contributed by atoms with van der Waals surface area (Å²) >= 11 is 0. The largest absolute Gasteiger partial charge is 0.378 e. The van der Waals surface area contributed by atoms with Gasteiger partial charge in [-0.15, -0.1) is 0 Å². The van der Waals surface area contributed by atoms with Crippen LogP contribution in [0.25, 0.3) is 0 Å². The molecule has 0 saturated heterocycles. The van der Waals surface area contributed by atoms with Crippen LogP contribution in [0.3, 0.4) is 0 Å². The van der Waals surface area contributed by atoms with Gasteiger partial charge in [0.05, 0.1) is 0 Å². The lowest BCUT2D eigenvalue weighted by Crippen LogP contribution is -2.10. The number of aromatic nitrogens is 3. The fourth-order valence-corrected chi connectivity index (χ4v) is 2.71. The highest BCUT2D eigenvalue weighted by Crippen LogP contribution is 2.23. The van der Waals surface area contributed by atoms with Crippen LogP contribution in [0.15, 0.2) is 48.5 Å². The molecular formula is C22H29N7. The summed E-state index contributed by atoms with van der Waals surface area (Å²) in [4.78, 5) is 17.8. The van der Waals surface area contributed by atoms with Crippen LogP contribution < -0.4 is 20.4 Å². The van der Waals surface area contributed by atoms with Gasteiger partial charge in [-0.1, -0.05) is 13.8 Å². The molecule has 2 N–H and O–H groups in total. The second-order valence-electron chi connectivity index (χ2n) is 7.63. The molecule has 0 aliphatic carbocycles. The Balaban J connectivity index is 1.83. The van der Waals surface area contributed by atoms with Gasteiger partial charge in [-0.3, -0.25) is 0 Å². The van der Waals surface area contributed by atoms with Crippen molar-refractivity contribution >= 4 is 34.6 Å². The molecule has 0 radical (unpaired) electrons. The van der Waals surface area contributed by atoms with Crippen molar-refractivity contribution in [2.75, 3.05) is 48.6 Å². The molecule has 0 bridgehead atoms. The molecule has 1 aromatic heterocycles. The highest BCUT2D eigenvalue weighted by Gasteiger charge is 2.11. The van der Waals surface area contributed by atoms with Crippen LogP contribution in [-0.4, -0.2) is 43.1 Å². The molecule has 29 heavy (non-hydrogen) atoms. The van der Waals surface area contributed by atoms with Gasteiger partial charge >= 0.3 is 0 Å². The Hall–Kier alpha value is -3.35. The lowest BCUT2D eigenvalue weighted by molar-refractivity contribution is 0.766. The van der Waals surface area contributed by atoms with E-state index in [4.69, 9.17) is 0 Å². The van der Waals surface area contributed by atoms with E-state index in [1.165, 1.54) is 0 Å². The van der Waals surface area contributed by atoms with Crippen molar-refractivity contribution in [1.29, 1.82) is 0 Å². The van der Waals surface area contributed by atoms with Gasteiger partial charge in [0.25, 0.3) is 0 Å². The van der Waals surface area contributed by atoms with Crippen molar-refractivity contribution in [2.24, 2.45) is 0 Å².